The van der Waals surface area contributed by atoms with E-state index in [2.05, 4.69) is 31.9 Å². The number of carboxylic acid groups (broad SMARTS) is 2. The maximum Gasteiger partial charge on any atom is 0.326 e. The first kappa shape index (κ1) is 50.1. The average molecular weight is 825 g/mol. The van der Waals surface area contributed by atoms with Crippen LogP contribution in [-0.4, -0.2) is 134 Å². The smallest absolute Gasteiger partial charge is 0.326 e. The number of primary amides is 1. The van der Waals surface area contributed by atoms with Gasteiger partial charge in [-0.1, -0.05) is 39.8 Å². The molecule has 0 bridgehead atoms. The van der Waals surface area contributed by atoms with Gasteiger partial charge in [-0.15, -0.1) is 0 Å². The Morgan fingerprint density at radius 3 is 1.62 bits per heavy atom. The molecule has 324 valence electrons. The van der Waals surface area contributed by atoms with Crippen molar-refractivity contribution in [2.45, 2.75) is 115 Å². The Bertz CT molecular complexity index is 1620. The summed E-state index contributed by atoms with van der Waals surface area (Å²) in [5.74, 6) is -10.9. The number of carbonyl (C=O) groups excluding carboxylic acids is 7. The van der Waals surface area contributed by atoms with Crippen LogP contribution in [0.1, 0.15) is 65.9 Å². The Morgan fingerprint density at radius 1 is 0.655 bits per heavy atom. The van der Waals surface area contributed by atoms with Crippen LogP contribution in [0.3, 0.4) is 0 Å². The van der Waals surface area contributed by atoms with Crippen molar-refractivity contribution in [3.05, 3.63) is 29.8 Å². The van der Waals surface area contributed by atoms with Crippen LogP contribution in [0, 0.1) is 11.8 Å². The molecule has 1 aromatic rings. The number of aromatic hydroxyl groups is 1. The number of aliphatic hydroxyl groups is 2. The van der Waals surface area contributed by atoms with E-state index in [9.17, 15) is 68.7 Å². The summed E-state index contributed by atoms with van der Waals surface area (Å²) in [6, 6.07) is -5.55. The van der Waals surface area contributed by atoms with Crippen molar-refractivity contribution in [2.75, 3.05) is 6.61 Å². The first-order chi connectivity index (χ1) is 27.0. The van der Waals surface area contributed by atoms with Crippen molar-refractivity contribution < 1.29 is 68.7 Å². The lowest BCUT2D eigenvalue weighted by atomic mass is 10.0. The zero-order valence-corrected chi connectivity index (χ0v) is 32.9. The summed E-state index contributed by atoms with van der Waals surface area (Å²) in [5, 5.41) is 62.6. The summed E-state index contributed by atoms with van der Waals surface area (Å²) in [6.07, 6.45) is -3.75. The number of carbonyl (C=O) groups is 9. The molecule has 58 heavy (non-hydrogen) atoms. The molecule has 15 N–H and O–H groups in total. The van der Waals surface area contributed by atoms with Gasteiger partial charge in [0.15, 0.2) is 0 Å². The van der Waals surface area contributed by atoms with Crippen molar-refractivity contribution in [1.82, 2.24) is 31.9 Å². The van der Waals surface area contributed by atoms with Crippen LogP contribution in [0.5, 0.6) is 5.75 Å². The Kier molecular flexibility index (Phi) is 20.8. The molecule has 0 fully saturated rings. The molecular weight excluding hydrogens is 768 g/mol. The maximum atomic E-state index is 13.4. The predicted molar refractivity (Wildman–Crippen MR) is 203 cm³/mol. The topological polar surface area (TPSA) is 379 Å². The zero-order valence-electron chi connectivity index (χ0n) is 32.9. The van der Waals surface area contributed by atoms with Gasteiger partial charge in [-0.05, 0) is 49.3 Å². The van der Waals surface area contributed by atoms with Crippen molar-refractivity contribution in [3.63, 3.8) is 0 Å². The Hall–Kier alpha value is -5.87. The summed E-state index contributed by atoms with van der Waals surface area (Å²) in [5.41, 5.74) is 11.5. The molecule has 7 amide bonds. The van der Waals surface area contributed by atoms with Crippen molar-refractivity contribution >= 4 is 53.3 Å². The highest BCUT2D eigenvalue weighted by atomic mass is 16.4. The van der Waals surface area contributed by atoms with E-state index >= 15 is 0 Å². The van der Waals surface area contributed by atoms with E-state index in [1.165, 1.54) is 24.3 Å². The Labute approximate surface area is 334 Å². The normalized spacial score (nSPS) is 15.3. The van der Waals surface area contributed by atoms with Gasteiger partial charge in [0.2, 0.25) is 41.4 Å². The molecule has 22 heteroatoms. The monoisotopic (exact) mass is 824 g/mol. The SMILES string of the molecule is CC(C)C[C@H](NC(=O)[C@H](CC(=O)O)NC(=O)[C@@H](N)C(C)C)C(=O)N[C@@H](CO)C(=O)N[C@H](C(=O)N[C@@H](CCC(N)=O)C(=O)N[C@@H](Cc1ccc(O)cc1)C(=O)O)[C@@H](C)O. The highest BCUT2D eigenvalue weighted by Crippen LogP contribution is 2.13. The number of nitrogens with two attached hydrogens (primary N) is 2. The fraction of sp³-hybridized carbons (Fsp3) is 0.583. The summed E-state index contributed by atoms with van der Waals surface area (Å²) < 4.78 is 0. The van der Waals surface area contributed by atoms with Gasteiger partial charge in [0.25, 0.3) is 0 Å². The number of hydrogen-bond donors (Lipinski definition) is 13. The third-order valence-corrected chi connectivity index (χ3v) is 8.55. The molecule has 0 aromatic heterocycles. The van der Waals surface area contributed by atoms with Gasteiger partial charge >= 0.3 is 11.9 Å². The number of rotatable bonds is 25. The number of phenols is 1. The van der Waals surface area contributed by atoms with Crippen LogP contribution < -0.4 is 43.4 Å². The molecule has 8 atom stereocenters. The summed E-state index contributed by atoms with van der Waals surface area (Å²) in [6.45, 7) is 6.64. The lowest BCUT2D eigenvalue weighted by Gasteiger charge is -2.28. The van der Waals surface area contributed by atoms with Gasteiger partial charge in [-0.25, -0.2) is 4.79 Å². The van der Waals surface area contributed by atoms with Gasteiger partial charge in [0.05, 0.1) is 25.2 Å². The van der Waals surface area contributed by atoms with Crippen LogP contribution in [0.2, 0.25) is 0 Å². The second kappa shape index (κ2) is 24.0. The summed E-state index contributed by atoms with van der Waals surface area (Å²) in [7, 11) is 0. The minimum absolute atomic E-state index is 0.0677. The third-order valence-electron chi connectivity index (χ3n) is 8.55. The maximum absolute atomic E-state index is 13.4. The largest absolute Gasteiger partial charge is 0.508 e. The number of carboxylic acids is 2. The average Bonchev–Trinajstić information content (AvgIpc) is 3.12. The van der Waals surface area contributed by atoms with E-state index in [-0.39, 0.29) is 30.4 Å². The van der Waals surface area contributed by atoms with E-state index in [4.69, 9.17) is 11.5 Å². The minimum Gasteiger partial charge on any atom is -0.508 e. The fourth-order valence-corrected chi connectivity index (χ4v) is 5.21. The van der Waals surface area contributed by atoms with Crippen LogP contribution in [0.25, 0.3) is 0 Å². The van der Waals surface area contributed by atoms with Crippen LogP contribution in [0.4, 0.5) is 0 Å². The molecule has 1 aromatic carbocycles. The van der Waals surface area contributed by atoms with Gasteiger partial charge in [-0.2, -0.15) is 0 Å². The molecule has 1 rings (SSSR count). The van der Waals surface area contributed by atoms with E-state index in [1.807, 2.05) is 0 Å². The lowest BCUT2D eigenvalue weighted by Crippen LogP contribution is -2.62. The molecule has 0 heterocycles. The number of amides is 7. The number of nitrogens with one attached hydrogen (secondary N) is 6. The molecule has 0 saturated carbocycles. The zero-order chi connectivity index (χ0) is 44.4. The van der Waals surface area contributed by atoms with Gasteiger partial charge in [0, 0.05) is 12.8 Å². The highest BCUT2D eigenvalue weighted by Gasteiger charge is 2.36. The van der Waals surface area contributed by atoms with E-state index < -0.39 is 128 Å². The van der Waals surface area contributed by atoms with Crippen molar-refractivity contribution in [1.29, 1.82) is 0 Å². The number of hydrogen-bond acceptors (Lipinski definition) is 13. The van der Waals surface area contributed by atoms with Gasteiger partial charge in [0.1, 0.15) is 42.0 Å². The van der Waals surface area contributed by atoms with Crippen LogP contribution in [0.15, 0.2) is 24.3 Å². The molecule has 0 radical (unpaired) electrons. The standard InChI is InChI=1S/C36H56N8O14/c1-16(2)12-22(40-32(53)23(14-27(49)50)41-34(55)28(38)17(3)4)31(52)43-25(15-45)33(54)44-29(18(5)46)35(56)39-21(10-11-26(37)48)30(51)42-24(36(57)58)13-19-6-8-20(47)9-7-19/h6-9,16-18,21-25,28-29,45-47H,10-15,38H2,1-5H3,(H2,37,48)(H,39,56)(H,40,53)(H,41,55)(H,42,51)(H,43,52)(H,44,54)(H,49,50)(H,57,58)/t18-,21+,22+,23+,24+,25+,28+,29+/m1/s1. The van der Waals surface area contributed by atoms with Crippen LogP contribution >= 0.6 is 0 Å². The molecular formula is C36H56N8O14. The molecule has 22 nitrogen and oxygen atoms in total. The summed E-state index contributed by atoms with van der Waals surface area (Å²) in [4.78, 5) is 114. The molecule has 0 aliphatic rings. The number of aliphatic hydroxyl groups excluding tert-OH is 2. The second-order valence-electron chi connectivity index (χ2n) is 14.4. The number of aliphatic carboxylic acids is 2. The van der Waals surface area contributed by atoms with Gasteiger partial charge in [-0.3, -0.25) is 38.4 Å². The van der Waals surface area contributed by atoms with Gasteiger partial charge < -0.3 is 68.9 Å². The summed E-state index contributed by atoms with van der Waals surface area (Å²) >= 11 is 0. The predicted octanol–water partition coefficient (Wildman–Crippen LogP) is -3.93. The van der Waals surface area contributed by atoms with Crippen LogP contribution in [-0.2, 0) is 49.6 Å². The first-order valence-corrected chi connectivity index (χ1v) is 18.3. The molecule has 0 saturated heterocycles. The van der Waals surface area contributed by atoms with E-state index in [0.29, 0.717) is 5.56 Å². The Balaban J connectivity index is 3.21. The minimum atomic E-state index is -1.86. The lowest BCUT2D eigenvalue weighted by molar-refractivity contribution is -0.142. The molecule has 0 aliphatic heterocycles. The number of phenolic OH excluding ortho intramolecular Hbond substituents is 1. The van der Waals surface area contributed by atoms with E-state index in [0.717, 1.165) is 6.92 Å². The number of benzene rings is 1. The quantitative estimate of drug-likeness (QED) is 0.0448. The first-order valence-electron chi connectivity index (χ1n) is 18.3. The molecule has 0 unspecified atom stereocenters. The fourth-order valence-electron chi connectivity index (χ4n) is 5.21. The highest BCUT2D eigenvalue weighted by molar-refractivity contribution is 5.98. The molecule has 0 aliphatic carbocycles. The van der Waals surface area contributed by atoms with Crippen molar-refractivity contribution in [2.24, 2.45) is 23.3 Å². The molecule has 0 spiro atoms. The second-order valence-corrected chi connectivity index (χ2v) is 14.4. The third kappa shape index (κ3) is 17.5. The van der Waals surface area contributed by atoms with Crippen molar-refractivity contribution in [3.8, 4) is 5.75 Å². The Morgan fingerprint density at radius 2 is 1.14 bits per heavy atom. The van der Waals surface area contributed by atoms with E-state index in [1.54, 1.807) is 27.7 Å².